The van der Waals surface area contributed by atoms with Gasteiger partial charge in [0, 0.05) is 31.4 Å². The largest absolute Gasteiger partial charge is 0.416 e. The van der Waals surface area contributed by atoms with Crippen molar-refractivity contribution in [2.75, 3.05) is 20.1 Å². The summed E-state index contributed by atoms with van der Waals surface area (Å²) >= 11 is 1.60. The lowest BCUT2D eigenvalue weighted by Gasteiger charge is -2.46. The first-order chi connectivity index (χ1) is 15.5. The summed E-state index contributed by atoms with van der Waals surface area (Å²) in [5.74, 6) is 0.117. The molecule has 0 N–H and O–H groups in total. The maximum Gasteiger partial charge on any atom is 0.416 e. The van der Waals surface area contributed by atoms with Gasteiger partial charge in [-0.15, -0.1) is 11.3 Å². The summed E-state index contributed by atoms with van der Waals surface area (Å²) in [6, 6.07) is 4.80. The van der Waals surface area contributed by atoms with Gasteiger partial charge in [0.2, 0.25) is 5.91 Å². The molecule has 2 aliphatic rings. The molecule has 1 aromatic heterocycles. The summed E-state index contributed by atoms with van der Waals surface area (Å²) in [5, 5.41) is 1.99. The van der Waals surface area contributed by atoms with Gasteiger partial charge >= 0.3 is 12.2 Å². The average Bonchev–Trinajstić information content (AvgIpc) is 3.36. The summed E-state index contributed by atoms with van der Waals surface area (Å²) in [6.45, 7) is 6.24. The third kappa shape index (κ3) is 4.35. The zero-order valence-electron chi connectivity index (χ0n) is 19.1. The van der Waals surface area contributed by atoms with E-state index in [2.05, 4.69) is 0 Å². The van der Waals surface area contributed by atoms with Crippen molar-refractivity contribution in [3.8, 4) is 0 Å². The highest BCUT2D eigenvalue weighted by Gasteiger charge is 2.46. The van der Waals surface area contributed by atoms with Crippen LogP contribution in [0.15, 0.2) is 29.6 Å². The number of alkyl halides is 3. The van der Waals surface area contributed by atoms with Crippen molar-refractivity contribution < 1.29 is 22.8 Å². The molecule has 0 aliphatic carbocycles. The minimum atomic E-state index is -4.45. The standard InChI is InChI=1S/C24H28F3N3O2S/c1-14-11-17(13-18(12-14)24(25,26)27)15(2)28(4)23(32)30-9-8-29-20(5-6-21(29)31)22(30)19-7-10-33-16(19)3/h7,10-13,15,20,22H,5-6,8-9H2,1-4H3/t15-,20+,22+/m1/s1. The summed E-state index contributed by atoms with van der Waals surface area (Å²) in [7, 11) is 1.63. The van der Waals surface area contributed by atoms with Crippen molar-refractivity contribution in [1.82, 2.24) is 14.7 Å². The van der Waals surface area contributed by atoms with E-state index in [0.29, 0.717) is 37.1 Å². The summed E-state index contributed by atoms with van der Waals surface area (Å²) in [5.41, 5.74) is 1.26. The lowest BCUT2D eigenvalue weighted by Crippen LogP contribution is -2.57. The Morgan fingerprint density at radius 1 is 1.21 bits per heavy atom. The van der Waals surface area contributed by atoms with Gasteiger partial charge < -0.3 is 14.7 Å². The van der Waals surface area contributed by atoms with Crippen LogP contribution in [0.4, 0.5) is 18.0 Å². The molecule has 0 spiro atoms. The fourth-order valence-corrected chi connectivity index (χ4v) is 5.78. The molecule has 9 heteroatoms. The molecule has 3 atom stereocenters. The molecule has 0 saturated carbocycles. The molecular weight excluding hydrogens is 451 g/mol. The predicted octanol–water partition coefficient (Wildman–Crippen LogP) is 5.54. The number of thiophene rings is 1. The van der Waals surface area contributed by atoms with Gasteiger partial charge in [0.05, 0.1) is 23.7 Å². The number of amides is 3. The summed E-state index contributed by atoms with van der Waals surface area (Å²) < 4.78 is 40.0. The van der Waals surface area contributed by atoms with E-state index in [0.717, 1.165) is 22.6 Å². The smallest absolute Gasteiger partial charge is 0.335 e. The Morgan fingerprint density at radius 2 is 1.94 bits per heavy atom. The van der Waals surface area contributed by atoms with Gasteiger partial charge in [-0.05, 0) is 61.9 Å². The van der Waals surface area contributed by atoms with Gasteiger partial charge in [-0.25, -0.2) is 4.79 Å². The number of carbonyl (C=O) groups is 2. The molecule has 1 aromatic carbocycles. The second-order valence-corrected chi connectivity index (χ2v) is 10.1. The van der Waals surface area contributed by atoms with E-state index in [1.165, 1.54) is 4.90 Å². The van der Waals surface area contributed by atoms with E-state index in [1.54, 1.807) is 43.2 Å². The van der Waals surface area contributed by atoms with E-state index in [1.807, 2.05) is 23.3 Å². The summed E-state index contributed by atoms with van der Waals surface area (Å²) in [6.07, 6.45) is -3.28. The number of fused-ring (bicyclic) bond motifs is 1. The van der Waals surface area contributed by atoms with Gasteiger partial charge in [-0.1, -0.05) is 11.6 Å². The minimum Gasteiger partial charge on any atom is -0.335 e. The Morgan fingerprint density at radius 3 is 2.58 bits per heavy atom. The lowest BCUT2D eigenvalue weighted by molar-refractivity contribution is -0.137. The number of nitrogens with zero attached hydrogens (tertiary/aromatic N) is 3. The highest BCUT2D eigenvalue weighted by molar-refractivity contribution is 7.10. The summed E-state index contributed by atoms with van der Waals surface area (Å²) in [4.78, 5) is 32.4. The lowest BCUT2D eigenvalue weighted by atomic mass is 9.94. The monoisotopic (exact) mass is 479 g/mol. The van der Waals surface area contributed by atoms with Gasteiger partial charge in [-0.2, -0.15) is 13.2 Å². The Balaban J connectivity index is 1.64. The number of halogens is 3. The van der Waals surface area contributed by atoms with Crippen LogP contribution in [0.2, 0.25) is 0 Å². The van der Waals surface area contributed by atoms with Gasteiger partial charge in [0.15, 0.2) is 0 Å². The quantitative estimate of drug-likeness (QED) is 0.580. The normalized spacial score (nSPS) is 21.8. The van der Waals surface area contributed by atoms with Crippen LogP contribution in [0.1, 0.15) is 59.0 Å². The van der Waals surface area contributed by atoms with Crippen LogP contribution < -0.4 is 0 Å². The average molecular weight is 480 g/mol. The Labute approximate surface area is 195 Å². The first-order valence-corrected chi connectivity index (χ1v) is 11.9. The Hall–Kier alpha value is -2.55. The zero-order chi connectivity index (χ0) is 24.1. The first kappa shape index (κ1) is 23.6. The molecular formula is C24H28F3N3O2S. The van der Waals surface area contributed by atoms with E-state index >= 15 is 0 Å². The van der Waals surface area contributed by atoms with Crippen molar-refractivity contribution in [2.24, 2.45) is 0 Å². The number of hydrogen-bond acceptors (Lipinski definition) is 3. The zero-order valence-corrected chi connectivity index (χ0v) is 20.0. The van der Waals surface area contributed by atoms with Crippen molar-refractivity contribution in [3.05, 3.63) is 56.8 Å². The van der Waals surface area contributed by atoms with Crippen molar-refractivity contribution in [2.45, 2.75) is 57.9 Å². The number of carbonyl (C=O) groups excluding carboxylic acids is 2. The van der Waals surface area contributed by atoms with E-state index in [-0.39, 0.29) is 24.0 Å². The van der Waals surface area contributed by atoms with Gasteiger partial charge in [-0.3, -0.25) is 4.79 Å². The van der Waals surface area contributed by atoms with Crippen LogP contribution in [0.5, 0.6) is 0 Å². The molecule has 0 bridgehead atoms. The number of hydrogen-bond donors (Lipinski definition) is 0. The van der Waals surface area contributed by atoms with Crippen LogP contribution in [-0.4, -0.2) is 52.8 Å². The van der Waals surface area contributed by atoms with Crippen molar-refractivity contribution >= 4 is 23.3 Å². The molecule has 0 unspecified atom stereocenters. The number of urea groups is 1. The van der Waals surface area contributed by atoms with Gasteiger partial charge in [0.25, 0.3) is 0 Å². The molecule has 3 heterocycles. The maximum absolute atomic E-state index is 13.7. The van der Waals surface area contributed by atoms with Crippen molar-refractivity contribution in [3.63, 3.8) is 0 Å². The fraction of sp³-hybridized carbons (Fsp3) is 0.500. The first-order valence-electron chi connectivity index (χ1n) is 11.0. The van der Waals surface area contributed by atoms with Crippen LogP contribution in [-0.2, 0) is 11.0 Å². The topological polar surface area (TPSA) is 43.9 Å². The van der Waals surface area contributed by atoms with Gasteiger partial charge in [0.1, 0.15) is 0 Å². The van der Waals surface area contributed by atoms with Crippen LogP contribution in [0.3, 0.4) is 0 Å². The van der Waals surface area contributed by atoms with E-state index < -0.39 is 17.8 Å². The Kier molecular flexibility index (Phi) is 6.20. The molecule has 3 amide bonds. The van der Waals surface area contributed by atoms with E-state index in [4.69, 9.17) is 0 Å². The molecule has 178 valence electrons. The maximum atomic E-state index is 13.7. The molecule has 2 aliphatic heterocycles. The molecule has 33 heavy (non-hydrogen) atoms. The van der Waals surface area contributed by atoms with Crippen molar-refractivity contribution in [1.29, 1.82) is 0 Å². The molecule has 2 fully saturated rings. The van der Waals surface area contributed by atoms with E-state index in [9.17, 15) is 22.8 Å². The minimum absolute atomic E-state index is 0.0805. The number of benzene rings is 1. The number of aryl methyl sites for hydroxylation is 2. The molecule has 2 saturated heterocycles. The third-order valence-corrected chi connectivity index (χ3v) is 7.77. The molecule has 4 rings (SSSR count). The second-order valence-electron chi connectivity index (χ2n) is 8.96. The highest BCUT2D eigenvalue weighted by Crippen LogP contribution is 2.41. The third-order valence-electron chi connectivity index (χ3n) is 6.91. The fourth-order valence-electron chi connectivity index (χ4n) is 5.04. The molecule has 2 aromatic rings. The number of rotatable bonds is 3. The van der Waals surface area contributed by atoms with Crippen LogP contribution in [0, 0.1) is 13.8 Å². The second kappa shape index (κ2) is 8.66. The van der Waals surface area contributed by atoms with Crippen LogP contribution >= 0.6 is 11.3 Å². The SMILES string of the molecule is Cc1cc([C@@H](C)N(C)C(=O)N2CCN3C(=O)CC[C@H]3[C@@H]2c2ccsc2C)cc(C(F)(F)F)c1. The number of piperazine rings is 1. The molecule has 5 nitrogen and oxygen atoms in total. The van der Waals surface area contributed by atoms with Crippen LogP contribution in [0.25, 0.3) is 0 Å². The predicted molar refractivity (Wildman–Crippen MR) is 121 cm³/mol. The Bertz CT molecular complexity index is 1070. The highest BCUT2D eigenvalue weighted by atomic mass is 32.1. The molecule has 0 radical (unpaired) electrons.